The number of allylic oxidation sites excluding steroid dienone is 1. The van der Waals surface area contributed by atoms with E-state index in [4.69, 9.17) is 44.9 Å². The zero-order chi connectivity index (χ0) is 33.1. The molecule has 0 spiro atoms. The molecule has 2 aliphatic rings. The highest BCUT2D eigenvalue weighted by atomic mass is 35.5. The SMILES string of the molecule is CCOCOc1cc2c(c(OCOCC)c1)C(=O)O[C@H](C)C/C=C/[C@@H](OC(=O)CCl)C/C=C/C(=N\OCC(=O)N1CCCCC1)C2. The quantitative estimate of drug-likeness (QED) is 0.0712. The number of hydrogen-bond acceptors (Lipinski definition) is 11. The highest BCUT2D eigenvalue weighted by Crippen LogP contribution is 2.32. The van der Waals surface area contributed by atoms with Gasteiger partial charge in [0.15, 0.2) is 20.2 Å². The summed E-state index contributed by atoms with van der Waals surface area (Å²) in [5, 5.41) is 4.29. The first kappa shape index (κ1) is 36.9. The van der Waals surface area contributed by atoms with Gasteiger partial charge in [0.05, 0.1) is 5.71 Å². The van der Waals surface area contributed by atoms with Crippen molar-refractivity contribution in [2.45, 2.75) is 71.5 Å². The molecule has 2 heterocycles. The third-order valence-corrected chi connectivity index (χ3v) is 7.24. The maximum absolute atomic E-state index is 13.7. The van der Waals surface area contributed by atoms with Crippen LogP contribution in [0.15, 0.2) is 41.6 Å². The van der Waals surface area contributed by atoms with Crippen LogP contribution in [0.25, 0.3) is 0 Å². The molecule has 0 unspecified atom stereocenters. The van der Waals surface area contributed by atoms with Crippen LogP contribution in [0, 0.1) is 0 Å². The van der Waals surface area contributed by atoms with Gasteiger partial charge in [-0.25, -0.2) is 4.79 Å². The van der Waals surface area contributed by atoms with E-state index in [0.717, 1.165) is 19.3 Å². The molecule has 0 aliphatic carbocycles. The number of benzene rings is 1. The van der Waals surface area contributed by atoms with Crippen molar-refractivity contribution in [2.24, 2.45) is 5.16 Å². The maximum atomic E-state index is 13.7. The fourth-order valence-electron chi connectivity index (χ4n) is 4.73. The minimum absolute atomic E-state index is 0.0149. The number of oxime groups is 1. The van der Waals surface area contributed by atoms with Gasteiger partial charge in [-0.2, -0.15) is 0 Å². The zero-order valence-electron chi connectivity index (χ0n) is 26.9. The van der Waals surface area contributed by atoms with Gasteiger partial charge >= 0.3 is 11.9 Å². The van der Waals surface area contributed by atoms with Gasteiger partial charge < -0.3 is 38.2 Å². The van der Waals surface area contributed by atoms with E-state index < -0.39 is 24.1 Å². The first-order valence-electron chi connectivity index (χ1n) is 15.7. The van der Waals surface area contributed by atoms with Gasteiger partial charge in [0.2, 0.25) is 0 Å². The van der Waals surface area contributed by atoms with E-state index >= 15 is 0 Å². The number of piperidine rings is 1. The van der Waals surface area contributed by atoms with Crippen molar-refractivity contribution >= 4 is 35.2 Å². The predicted molar refractivity (Wildman–Crippen MR) is 171 cm³/mol. The Labute approximate surface area is 275 Å². The molecule has 1 aromatic rings. The molecule has 0 saturated carbocycles. The molecular formula is C33H45ClN2O10. The van der Waals surface area contributed by atoms with Crippen LogP contribution in [0.3, 0.4) is 0 Å². The largest absolute Gasteiger partial charge is 0.467 e. The summed E-state index contributed by atoms with van der Waals surface area (Å²) in [6, 6.07) is 3.27. The molecule has 1 aromatic carbocycles. The lowest BCUT2D eigenvalue weighted by Gasteiger charge is -2.26. The Bertz CT molecular complexity index is 1230. The van der Waals surface area contributed by atoms with Crippen molar-refractivity contribution in [2.75, 3.05) is 52.4 Å². The molecule has 12 nitrogen and oxygen atoms in total. The number of likely N-dealkylation sites (tertiary alicyclic amines) is 1. The molecule has 254 valence electrons. The van der Waals surface area contributed by atoms with Crippen LogP contribution in [0.5, 0.6) is 11.5 Å². The number of carbonyl (C=O) groups excluding carboxylic acids is 3. The number of carbonyl (C=O) groups is 3. The Morgan fingerprint density at radius 3 is 2.48 bits per heavy atom. The molecule has 0 aromatic heterocycles. The smallest absolute Gasteiger partial charge is 0.342 e. The number of esters is 2. The maximum Gasteiger partial charge on any atom is 0.342 e. The van der Waals surface area contributed by atoms with Crippen LogP contribution in [0.4, 0.5) is 0 Å². The monoisotopic (exact) mass is 664 g/mol. The van der Waals surface area contributed by atoms with E-state index in [2.05, 4.69) is 5.16 Å². The normalized spacial score (nSPS) is 21.3. The van der Waals surface area contributed by atoms with Crippen molar-refractivity contribution < 1.29 is 47.6 Å². The number of amides is 1. The lowest BCUT2D eigenvalue weighted by molar-refractivity contribution is -0.143. The summed E-state index contributed by atoms with van der Waals surface area (Å²) in [4.78, 5) is 45.7. The van der Waals surface area contributed by atoms with Gasteiger partial charge in [0, 0.05) is 51.6 Å². The van der Waals surface area contributed by atoms with Gasteiger partial charge in [-0.05, 0) is 63.8 Å². The van der Waals surface area contributed by atoms with Gasteiger partial charge in [0.25, 0.3) is 5.91 Å². The average molecular weight is 665 g/mol. The third-order valence-electron chi connectivity index (χ3n) is 7.02. The van der Waals surface area contributed by atoms with E-state index in [1.54, 1.807) is 48.3 Å². The van der Waals surface area contributed by atoms with E-state index in [0.29, 0.717) is 56.2 Å². The van der Waals surface area contributed by atoms with Crippen molar-refractivity contribution in [3.63, 3.8) is 0 Å². The number of alkyl halides is 1. The summed E-state index contributed by atoms with van der Waals surface area (Å²) >= 11 is 5.67. The van der Waals surface area contributed by atoms with Crippen LogP contribution in [0.2, 0.25) is 0 Å². The number of cyclic esters (lactones) is 1. The van der Waals surface area contributed by atoms with Crippen LogP contribution in [-0.4, -0.2) is 93.0 Å². The lowest BCUT2D eigenvalue weighted by Crippen LogP contribution is -2.37. The van der Waals surface area contributed by atoms with E-state index in [9.17, 15) is 14.4 Å². The Hall–Kier alpha value is -3.61. The highest BCUT2D eigenvalue weighted by Gasteiger charge is 2.25. The standard InChI is InChI=1S/C33H45ClN2O10/c1-4-40-22-42-28-18-25-17-26(35-44-21-30(37)36-15-7-6-8-16-36)12-10-14-27(46-31(38)20-34)13-9-11-24(3)45-33(39)32(25)29(19-28)43-23-41-5-2/h9-10,12-13,18-19,24,27H,4-8,11,14-17,20-23H2,1-3H3/b12-10+,13-9+,35-26+/t24-,27-/m1/s1. The molecular weight excluding hydrogens is 620 g/mol. The molecule has 2 atom stereocenters. The van der Waals surface area contributed by atoms with Crippen LogP contribution >= 0.6 is 11.6 Å². The molecule has 0 bridgehead atoms. The third kappa shape index (κ3) is 12.6. The van der Waals surface area contributed by atoms with Gasteiger partial charge in [-0.3, -0.25) is 9.59 Å². The number of hydrogen-bond donors (Lipinski definition) is 0. The summed E-state index contributed by atoms with van der Waals surface area (Å²) < 4.78 is 33.7. The van der Waals surface area contributed by atoms with Crippen molar-refractivity contribution in [1.82, 2.24) is 4.90 Å². The lowest BCUT2D eigenvalue weighted by atomic mass is 9.99. The molecule has 2 aliphatic heterocycles. The summed E-state index contributed by atoms with van der Waals surface area (Å²) in [6.45, 7) is 7.33. The van der Waals surface area contributed by atoms with Crippen LogP contribution < -0.4 is 9.47 Å². The number of halogens is 1. The van der Waals surface area contributed by atoms with E-state index in [-0.39, 0.29) is 49.7 Å². The predicted octanol–water partition coefficient (Wildman–Crippen LogP) is 4.96. The fraction of sp³-hybridized carbons (Fsp3) is 0.576. The summed E-state index contributed by atoms with van der Waals surface area (Å²) in [6.07, 6.45) is 9.62. The molecule has 1 saturated heterocycles. The second-order valence-electron chi connectivity index (χ2n) is 10.6. The summed E-state index contributed by atoms with van der Waals surface area (Å²) in [5.74, 6) is -1.03. The Morgan fingerprint density at radius 1 is 1.02 bits per heavy atom. The van der Waals surface area contributed by atoms with Crippen molar-refractivity contribution in [3.05, 3.63) is 47.6 Å². The Morgan fingerprint density at radius 2 is 1.76 bits per heavy atom. The molecule has 13 heteroatoms. The first-order valence-corrected chi connectivity index (χ1v) is 16.2. The molecule has 1 amide bonds. The molecule has 46 heavy (non-hydrogen) atoms. The molecule has 0 N–H and O–H groups in total. The number of nitrogens with zero attached hydrogens (tertiary/aromatic N) is 2. The minimum atomic E-state index is -0.620. The highest BCUT2D eigenvalue weighted by molar-refractivity contribution is 6.26. The van der Waals surface area contributed by atoms with Gasteiger partial charge in [-0.1, -0.05) is 17.3 Å². The Balaban J connectivity index is 2.02. The summed E-state index contributed by atoms with van der Waals surface area (Å²) in [5.41, 5.74) is 1.04. The fourth-order valence-corrected chi connectivity index (χ4v) is 4.80. The molecule has 1 fully saturated rings. The average Bonchev–Trinajstić information content (AvgIpc) is 3.04. The van der Waals surface area contributed by atoms with Gasteiger partial charge in [0.1, 0.15) is 35.2 Å². The van der Waals surface area contributed by atoms with E-state index in [1.165, 1.54) is 0 Å². The van der Waals surface area contributed by atoms with E-state index in [1.807, 2.05) is 13.8 Å². The van der Waals surface area contributed by atoms with Crippen molar-refractivity contribution in [3.8, 4) is 11.5 Å². The first-order chi connectivity index (χ1) is 22.3. The second-order valence-corrected chi connectivity index (χ2v) is 10.9. The number of fused-ring (bicyclic) bond motifs is 1. The Kier molecular flexibility index (Phi) is 16.4. The number of ether oxygens (including phenoxy) is 6. The van der Waals surface area contributed by atoms with Crippen LogP contribution in [0.1, 0.15) is 68.8 Å². The second kappa shape index (κ2) is 20.5. The van der Waals surface area contributed by atoms with Gasteiger partial charge in [-0.15, -0.1) is 11.6 Å². The number of rotatable bonds is 13. The van der Waals surface area contributed by atoms with Crippen LogP contribution in [-0.2, 0) is 39.8 Å². The molecule has 0 radical (unpaired) electrons. The van der Waals surface area contributed by atoms with Crippen molar-refractivity contribution in [1.29, 1.82) is 0 Å². The summed E-state index contributed by atoms with van der Waals surface area (Å²) in [7, 11) is 0. The zero-order valence-corrected chi connectivity index (χ0v) is 27.6. The topological polar surface area (TPSA) is 131 Å². The molecule has 3 rings (SSSR count). The minimum Gasteiger partial charge on any atom is -0.467 e.